The summed E-state index contributed by atoms with van der Waals surface area (Å²) in [5.41, 5.74) is 0. The monoisotopic (exact) mass is 883 g/mol. The van der Waals surface area contributed by atoms with Crippen molar-refractivity contribution in [3.63, 3.8) is 0 Å². The summed E-state index contributed by atoms with van der Waals surface area (Å²) < 4.78 is 11.8. The Bertz CT molecular complexity index is 761. The number of rotatable bonds is 50. The maximum atomic E-state index is 12.4. The van der Waals surface area contributed by atoms with Crippen molar-refractivity contribution in [2.24, 2.45) is 0 Å². The van der Waals surface area contributed by atoms with Gasteiger partial charge in [-0.25, -0.2) is 0 Å². The Morgan fingerprint density at radius 1 is 0.339 bits per heavy atom. The van der Waals surface area contributed by atoms with Gasteiger partial charge in [0, 0.05) is 25.9 Å². The first kappa shape index (κ1) is 62.9. The zero-order valence-corrected chi connectivity index (χ0v) is 42.2. The number of hydrogen-bond acceptors (Lipinski definition) is 8. The molecule has 4 N–H and O–H groups in total. The van der Waals surface area contributed by atoms with E-state index in [1.807, 2.05) is 0 Å². The lowest BCUT2D eigenvalue weighted by molar-refractivity contribution is -0.151. The van der Waals surface area contributed by atoms with E-state index in [4.69, 9.17) is 19.7 Å². The molecule has 0 aromatic carbocycles. The molecule has 372 valence electrons. The van der Waals surface area contributed by atoms with Gasteiger partial charge in [-0.3, -0.25) is 9.59 Å². The molecule has 8 nitrogen and oxygen atoms in total. The van der Waals surface area contributed by atoms with Crippen LogP contribution >= 0.6 is 0 Å². The summed E-state index contributed by atoms with van der Waals surface area (Å²) in [6, 6.07) is 0. The zero-order chi connectivity index (χ0) is 45.7. The predicted octanol–water partition coefficient (Wildman–Crippen LogP) is 14.6. The van der Waals surface area contributed by atoms with Crippen molar-refractivity contribution >= 4 is 11.9 Å². The van der Waals surface area contributed by atoms with E-state index in [-0.39, 0.29) is 37.4 Å². The van der Waals surface area contributed by atoms with Crippen LogP contribution < -0.4 is 10.6 Å². The fraction of sp³-hybridized carbons (Fsp3) is 0.963. The van der Waals surface area contributed by atoms with Crippen LogP contribution in [0.1, 0.15) is 285 Å². The van der Waals surface area contributed by atoms with E-state index in [2.05, 4.69) is 38.3 Å². The van der Waals surface area contributed by atoms with Crippen molar-refractivity contribution < 1.29 is 29.3 Å². The number of carbonyl (C=O) groups excluding carboxylic acids is 2. The predicted molar refractivity (Wildman–Crippen MR) is 267 cm³/mol. The molecule has 62 heavy (non-hydrogen) atoms. The van der Waals surface area contributed by atoms with E-state index in [0.29, 0.717) is 25.9 Å². The largest absolute Gasteiger partial charge is 0.462 e. The van der Waals surface area contributed by atoms with Crippen LogP contribution in [-0.4, -0.2) is 73.8 Å². The van der Waals surface area contributed by atoms with Gasteiger partial charge in [-0.05, 0) is 90.1 Å². The van der Waals surface area contributed by atoms with Crippen LogP contribution in [0.15, 0.2) is 0 Å². The van der Waals surface area contributed by atoms with Crippen LogP contribution in [0.25, 0.3) is 0 Å². The molecule has 0 radical (unpaired) electrons. The maximum Gasteiger partial charge on any atom is 0.306 e. The van der Waals surface area contributed by atoms with E-state index in [1.165, 1.54) is 180 Å². The Balaban J connectivity index is 0. The molecule has 0 bridgehead atoms. The van der Waals surface area contributed by atoms with Crippen molar-refractivity contribution in [1.82, 2.24) is 10.6 Å². The third-order valence-corrected chi connectivity index (χ3v) is 12.2. The Morgan fingerprint density at radius 2 is 0.581 bits per heavy atom. The second-order valence-corrected chi connectivity index (χ2v) is 18.4. The van der Waals surface area contributed by atoms with Crippen LogP contribution in [0.5, 0.6) is 0 Å². The molecule has 0 atom stereocenters. The number of aliphatic hydroxyl groups excluding tert-OH is 2. The van der Waals surface area contributed by atoms with Gasteiger partial charge in [-0.2, -0.15) is 0 Å². The second-order valence-electron chi connectivity index (χ2n) is 18.4. The summed E-state index contributed by atoms with van der Waals surface area (Å²) in [6.07, 6.45) is 47.8. The molecular weight excluding hydrogens is 773 g/mol. The minimum Gasteiger partial charge on any atom is -0.462 e. The number of esters is 2. The van der Waals surface area contributed by atoms with Gasteiger partial charge in [-0.15, -0.1) is 0 Å². The highest BCUT2D eigenvalue weighted by atomic mass is 16.5. The minimum absolute atomic E-state index is 0.0200. The summed E-state index contributed by atoms with van der Waals surface area (Å²) >= 11 is 0. The summed E-state index contributed by atoms with van der Waals surface area (Å²) in [5.74, 6) is 0.0400. The quantitative estimate of drug-likeness (QED) is 0.0353. The highest BCUT2D eigenvalue weighted by Gasteiger charge is 2.15. The fourth-order valence-electron chi connectivity index (χ4n) is 8.13. The third-order valence-electron chi connectivity index (χ3n) is 12.2. The topological polar surface area (TPSA) is 117 Å². The van der Waals surface area contributed by atoms with Crippen LogP contribution in [0.2, 0.25) is 0 Å². The second kappa shape index (κ2) is 55.9. The molecular formula is C54H110N2O6. The lowest BCUT2D eigenvalue weighted by atomic mass is 10.0. The van der Waals surface area contributed by atoms with Crippen LogP contribution in [0.3, 0.4) is 0 Å². The summed E-state index contributed by atoms with van der Waals surface area (Å²) in [4.78, 5) is 24.7. The number of ether oxygens (including phenoxy) is 2. The van der Waals surface area contributed by atoms with E-state index >= 15 is 0 Å². The normalized spacial score (nSPS) is 11.4. The number of carbonyl (C=O) groups is 2. The van der Waals surface area contributed by atoms with Gasteiger partial charge in [0.25, 0.3) is 0 Å². The molecule has 0 spiro atoms. The molecule has 0 saturated heterocycles. The Labute approximate surface area is 386 Å². The number of aliphatic hydroxyl groups is 2. The van der Waals surface area contributed by atoms with Crippen LogP contribution in [0, 0.1) is 0 Å². The Hall–Kier alpha value is -1.22. The highest BCUT2D eigenvalue weighted by molar-refractivity contribution is 5.69. The maximum absolute atomic E-state index is 12.4. The summed E-state index contributed by atoms with van der Waals surface area (Å²) in [6.45, 7) is 12.8. The molecule has 0 unspecified atom stereocenters. The van der Waals surface area contributed by atoms with Crippen molar-refractivity contribution in [3.8, 4) is 0 Å². The first-order valence-electron chi connectivity index (χ1n) is 27.5. The summed E-state index contributed by atoms with van der Waals surface area (Å²) in [5, 5.41) is 23.9. The molecule has 0 amide bonds. The van der Waals surface area contributed by atoms with Crippen molar-refractivity contribution in [2.45, 2.75) is 297 Å². The van der Waals surface area contributed by atoms with Gasteiger partial charge in [0.2, 0.25) is 0 Å². The number of nitrogens with one attached hydrogen (secondary N) is 2. The minimum atomic E-state index is 0.0200. The van der Waals surface area contributed by atoms with Gasteiger partial charge in [0.1, 0.15) is 12.2 Å². The first-order chi connectivity index (χ1) is 30.5. The third kappa shape index (κ3) is 53.1. The zero-order valence-electron chi connectivity index (χ0n) is 42.2. The van der Waals surface area contributed by atoms with E-state index < -0.39 is 0 Å². The molecule has 0 saturated carbocycles. The molecule has 0 aliphatic rings. The highest BCUT2D eigenvalue weighted by Crippen LogP contribution is 2.20. The molecule has 0 aliphatic carbocycles. The van der Waals surface area contributed by atoms with E-state index in [9.17, 15) is 9.59 Å². The lowest BCUT2D eigenvalue weighted by Gasteiger charge is -2.18. The molecule has 0 rings (SSSR count). The number of hydrogen-bond donors (Lipinski definition) is 4. The standard InChI is InChI=1S/2C27H55NO3/c2*1-3-5-7-9-12-16-20-26(21-17-13-10-8-6-4-2)31-27(30)22-18-14-11-15-19-23-28-24-25-29/h2*26,28-29H,3-25H2,1-2H3. The lowest BCUT2D eigenvalue weighted by Crippen LogP contribution is -2.19. The van der Waals surface area contributed by atoms with Gasteiger partial charge >= 0.3 is 11.9 Å². The van der Waals surface area contributed by atoms with E-state index in [1.54, 1.807) is 0 Å². The van der Waals surface area contributed by atoms with Gasteiger partial charge < -0.3 is 30.3 Å². The molecule has 8 heteroatoms. The van der Waals surface area contributed by atoms with Crippen molar-refractivity contribution in [1.29, 1.82) is 0 Å². The first-order valence-corrected chi connectivity index (χ1v) is 27.5. The molecule has 0 aromatic rings. The van der Waals surface area contributed by atoms with Gasteiger partial charge in [-0.1, -0.05) is 195 Å². The summed E-state index contributed by atoms with van der Waals surface area (Å²) in [7, 11) is 0. The van der Waals surface area contributed by atoms with Crippen molar-refractivity contribution in [3.05, 3.63) is 0 Å². The molecule has 0 fully saturated rings. The Kier molecular flexibility index (Phi) is 56.7. The molecule has 0 aliphatic heterocycles. The van der Waals surface area contributed by atoms with Crippen molar-refractivity contribution in [2.75, 3.05) is 39.4 Å². The smallest absolute Gasteiger partial charge is 0.306 e. The van der Waals surface area contributed by atoms with Crippen LogP contribution in [0.4, 0.5) is 0 Å². The van der Waals surface area contributed by atoms with Crippen LogP contribution in [-0.2, 0) is 19.1 Å². The fourth-order valence-corrected chi connectivity index (χ4v) is 8.13. The van der Waals surface area contributed by atoms with Gasteiger partial charge in [0.05, 0.1) is 13.2 Å². The SMILES string of the molecule is CCCCCCCCC(CCCCCCCC)OC(=O)CCCCCCCNCCO.CCCCCCCCC(CCCCCCCC)OC(=O)CCCCCCCNCCO. The Morgan fingerprint density at radius 3 is 0.855 bits per heavy atom. The molecule has 0 heterocycles. The average molecular weight is 883 g/mol. The van der Waals surface area contributed by atoms with E-state index in [0.717, 1.165) is 77.3 Å². The number of unbranched alkanes of at least 4 members (excludes halogenated alkanes) is 28. The van der Waals surface area contributed by atoms with Gasteiger partial charge in [0.15, 0.2) is 0 Å². The molecule has 0 aromatic heterocycles. The average Bonchev–Trinajstić information content (AvgIpc) is 3.27.